The molecule has 1 rings (SSSR count). The fourth-order valence-electron chi connectivity index (χ4n) is 1.28. The topological polar surface area (TPSA) is 37.3 Å². The van der Waals surface area contributed by atoms with Gasteiger partial charge in [0.15, 0.2) is 0 Å². The molecule has 0 bridgehead atoms. The molecule has 0 saturated heterocycles. The summed E-state index contributed by atoms with van der Waals surface area (Å²) in [4.78, 5) is 10.4. The summed E-state index contributed by atoms with van der Waals surface area (Å²) in [6.45, 7) is 6.33. The second-order valence-electron chi connectivity index (χ2n) is 3.88. The average molecular weight is 222 g/mol. The molecule has 2 heteroatoms. The standard InChI is InChI=1S/C8H8O2.C6H14/c1-6-3-2-4-7(5-6)8(9)10;1-3-5-6-4-2/h2-5H,1H3,(H,9,10);3-6H2,1-2H3. The number of carboxylic acids is 1. The maximum atomic E-state index is 10.4. The number of aryl methyl sites for hydroxylation is 1. The number of unbranched alkanes of at least 4 members (excludes halogenated alkanes) is 3. The molecule has 16 heavy (non-hydrogen) atoms. The summed E-state index contributed by atoms with van der Waals surface area (Å²) in [5.41, 5.74) is 1.32. The first-order valence-electron chi connectivity index (χ1n) is 5.91. The van der Waals surface area contributed by atoms with E-state index in [0.717, 1.165) is 5.56 Å². The lowest BCUT2D eigenvalue weighted by atomic mass is 10.1. The van der Waals surface area contributed by atoms with Gasteiger partial charge in [0.2, 0.25) is 0 Å². The third-order valence-corrected chi connectivity index (χ3v) is 2.22. The van der Waals surface area contributed by atoms with Crippen LogP contribution in [0.25, 0.3) is 0 Å². The zero-order valence-electron chi connectivity index (χ0n) is 10.5. The monoisotopic (exact) mass is 222 g/mol. The third-order valence-electron chi connectivity index (χ3n) is 2.22. The number of hydrogen-bond acceptors (Lipinski definition) is 1. The van der Waals surface area contributed by atoms with E-state index in [1.54, 1.807) is 18.2 Å². The Balaban J connectivity index is 0.000000325. The Morgan fingerprint density at radius 3 is 2.06 bits per heavy atom. The molecule has 1 aromatic carbocycles. The van der Waals surface area contributed by atoms with Gasteiger partial charge in [-0.3, -0.25) is 0 Å². The van der Waals surface area contributed by atoms with Crippen LogP contribution in [0.4, 0.5) is 0 Å². The number of rotatable bonds is 4. The van der Waals surface area contributed by atoms with Gasteiger partial charge in [-0.2, -0.15) is 0 Å². The van der Waals surface area contributed by atoms with Crippen molar-refractivity contribution in [2.45, 2.75) is 46.5 Å². The number of aromatic carboxylic acids is 1. The molecule has 0 heterocycles. The summed E-state index contributed by atoms with van der Waals surface area (Å²) in [5, 5.41) is 8.51. The summed E-state index contributed by atoms with van der Waals surface area (Å²) in [7, 11) is 0. The van der Waals surface area contributed by atoms with Crippen LogP contribution in [0.2, 0.25) is 0 Å². The number of hydrogen-bond donors (Lipinski definition) is 1. The van der Waals surface area contributed by atoms with Crippen molar-refractivity contribution >= 4 is 5.97 Å². The first-order valence-corrected chi connectivity index (χ1v) is 5.91. The van der Waals surface area contributed by atoms with Crippen molar-refractivity contribution < 1.29 is 9.90 Å². The van der Waals surface area contributed by atoms with E-state index in [0.29, 0.717) is 5.56 Å². The summed E-state index contributed by atoms with van der Waals surface area (Å²) >= 11 is 0. The molecule has 0 spiro atoms. The molecule has 0 saturated carbocycles. The maximum Gasteiger partial charge on any atom is 0.335 e. The Morgan fingerprint density at radius 2 is 1.75 bits per heavy atom. The quantitative estimate of drug-likeness (QED) is 0.772. The van der Waals surface area contributed by atoms with Crippen molar-refractivity contribution in [2.75, 3.05) is 0 Å². The predicted octanol–water partition coefficient (Wildman–Crippen LogP) is 4.28. The van der Waals surface area contributed by atoms with Crippen molar-refractivity contribution in [1.82, 2.24) is 0 Å². The van der Waals surface area contributed by atoms with E-state index in [-0.39, 0.29) is 0 Å². The van der Waals surface area contributed by atoms with Gasteiger partial charge in [-0.15, -0.1) is 0 Å². The zero-order valence-corrected chi connectivity index (χ0v) is 10.5. The zero-order chi connectivity index (χ0) is 12.4. The SMILES string of the molecule is CCCCCC.Cc1cccc(C(=O)O)c1. The van der Waals surface area contributed by atoms with Gasteiger partial charge in [0.05, 0.1) is 5.56 Å². The van der Waals surface area contributed by atoms with Crippen LogP contribution in [0, 0.1) is 6.92 Å². The van der Waals surface area contributed by atoms with Crippen LogP contribution in [0.1, 0.15) is 55.5 Å². The van der Waals surface area contributed by atoms with E-state index in [9.17, 15) is 4.79 Å². The minimum absolute atomic E-state index is 0.347. The van der Waals surface area contributed by atoms with Crippen LogP contribution in [0.15, 0.2) is 24.3 Å². The van der Waals surface area contributed by atoms with E-state index >= 15 is 0 Å². The molecule has 2 nitrogen and oxygen atoms in total. The largest absolute Gasteiger partial charge is 0.478 e. The fourth-order valence-corrected chi connectivity index (χ4v) is 1.28. The van der Waals surface area contributed by atoms with Gasteiger partial charge >= 0.3 is 5.97 Å². The van der Waals surface area contributed by atoms with Gasteiger partial charge < -0.3 is 5.11 Å². The second-order valence-corrected chi connectivity index (χ2v) is 3.88. The van der Waals surface area contributed by atoms with E-state index in [1.165, 1.54) is 25.7 Å². The van der Waals surface area contributed by atoms with E-state index < -0.39 is 5.97 Å². The molecule has 0 unspecified atom stereocenters. The number of carbonyl (C=O) groups is 1. The highest BCUT2D eigenvalue weighted by molar-refractivity contribution is 5.87. The molecule has 0 fully saturated rings. The molecule has 1 aromatic rings. The smallest absolute Gasteiger partial charge is 0.335 e. The number of carboxylic acid groups (broad SMARTS) is 1. The molecule has 0 aliphatic rings. The first kappa shape index (κ1) is 14.7. The fraction of sp³-hybridized carbons (Fsp3) is 0.500. The highest BCUT2D eigenvalue weighted by Gasteiger charge is 1.99. The summed E-state index contributed by atoms with van der Waals surface area (Å²) in [5.74, 6) is -0.872. The van der Waals surface area contributed by atoms with Crippen molar-refractivity contribution in [3.8, 4) is 0 Å². The Labute approximate surface area is 98.3 Å². The second kappa shape index (κ2) is 8.96. The normalized spacial score (nSPS) is 9.19. The minimum Gasteiger partial charge on any atom is -0.478 e. The summed E-state index contributed by atoms with van der Waals surface area (Å²) < 4.78 is 0. The highest BCUT2D eigenvalue weighted by Crippen LogP contribution is 2.02. The van der Waals surface area contributed by atoms with Crippen LogP contribution >= 0.6 is 0 Å². The lowest BCUT2D eigenvalue weighted by Crippen LogP contribution is -1.95. The Bertz CT molecular complexity index is 301. The maximum absolute atomic E-state index is 10.4. The Kier molecular flexibility index (Phi) is 8.22. The van der Waals surface area contributed by atoms with Crippen LogP contribution in [0.3, 0.4) is 0 Å². The van der Waals surface area contributed by atoms with Crippen LogP contribution < -0.4 is 0 Å². The molecule has 0 atom stereocenters. The Morgan fingerprint density at radius 1 is 1.19 bits per heavy atom. The average Bonchev–Trinajstić information content (AvgIpc) is 2.27. The predicted molar refractivity (Wildman–Crippen MR) is 68.0 cm³/mol. The van der Waals surface area contributed by atoms with Crippen molar-refractivity contribution in [3.05, 3.63) is 35.4 Å². The lowest BCUT2D eigenvalue weighted by Gasteiger charge is -1.93. The highest BCUT2D eigenvalue weighted by atomic mass is 16.4. The van der Waals surface area contributed by atoms with Crippen molar-refractivity contribution in [1.29, 1.82) is 0 Å². The van der Waals surface area contributed by atoms with E-state index in [2.05, 4.69) is 13.8 Å². The van der Waals surface area contributed by atoms with Gasteiger partial charge in [0.1, 0.15) is 0 Å². The molecule has 0 aromatic heterocycles. The third kappa shape index (κ3) is 7.04. The van der Waals surface area contributed by atoms with E-state index in [4.69, 9.17) is 5.11 Å². The molecule has 90 valence electrons. The van der Waals surface area contributed by atoms with Crippen molar-refractivity contribution in [2.24, 2.45) is 0 Å². The van der Waals surface area contributed by atoms with Gasteiger partial charge in [-0.05, 0) is 19.1 Å². The van der Waals surface area contributed by atoms with Gasteiger partial charge in [0, 0.05) is 0 Å². The molecule has 1 N–H and O–H groups in total. The number of benzene rings is 1. The molecule has 0 aliphatic carbocycles. The molecule has 0 radical (unpaired) electrons. The molecular formula is C14H22O2. The van der Waals surface area contributed by atoms with Crippen LogP contribution in [0.5, 0.6) is 0 Å². The van der Waals surface area contributed by atoms with Crippen LogP contribution in [-0.2, 0) is 0 Å². The van der Waals surface area contributed by atoms with Crippen molar-refractivity contribution in [3.63, 3.8) is 0 Å². The lowest BCUT2D eigenvalue weighted by molar-refractivity contribution is 0.0697. The first-order chi connectivity index (χ1) is 7.61. The van der Waals surface area contributed by atoms with Gasteiger partial charge in [-0.25, -0.2) is 4.79 Å². The van der Waals surface area contributed by atoms with Gasteiger partial charge in [0.25, 0.3) is 0 Å². The molecule has 0 amide bonds. The molecular weight excluding hydrogens is 200 g/mol. The Hall–Kier alpha value is -1.31. The van der Waals surface area contributed by atoms with Crippen LogP contribution in [-0.4, -0.2) is 11.1 Å². The molecule has 0 aliphatic heterocycles. The summed E-state index contributed by atoms with van der Waals surface area (Å²) in [6.07, 6.45) is 5.54. The van der Waals surface area contributed by atoms with E-state index in [1.807, 2.05) is 13.0 Å². The minimum atomic E-state index is -0.872. The summed E-state index contributed by atoms with van der Waals surface area (Å²) in [6, 6.07) is 6.82. The van der Waals surface area contributed by atoms with Gasteiger partial charge in [-0.1, -0.05) is 57.2 Å².